The fourth-order valence-corrected chi connectivity index (χ4v) is 2.56. The summed E-state index contributed by atoms with van der Waals surface area (Å²) in [6, 6.07) is 6.50. The van der Waals surface area contributed by atoms with Crippen molar-refractivity contribution in [2.75, 3.05) is 12.0 Å². The van der Waals surface area contributed by atoms with Crippen molar-refractivity contribution in [3.05, 3.63) is 24.3 Å². The summed E-state index contributed by atoms with van der Waals surface area (Å²) < 4.78 is 26.3. The first-order chi connectivity index (χ1) is 7.47. The first-order valence-corrected chi connectivity index (χ1v) is 6.51. The topological polar surface area (TPSA) is 84.2 Å². The Morgan fingerprint density at radius 2 is 1.94 bits per heavy atom. The van der Waals surface area contributed by atoms with Crippen LogP contribution in [0.3, 0.4) is 0 Å². The Bertz CT molecular complexity index is 443. The molecule has 0 amide bonds. The number of anilines is 1. The van der Waals surface area contributed by atoms with E-state index < -0.39 is 10.0 Å². The molecule has 0 heterocycles. The maximum absolute atomic E-state index is 11.9. The lowest BCUT2D eigenvalue weighted by atomic mass is 10.2. The quantitative estimate of drug-likeness (QED) is 0.530. The molecule has 0 spiro atoms. The summed E-state index contributed by atoms with van der Waals surface area (Å²) in [5, 5.41) is 0. The van der Waals surface area contributed by atoms with E-state index in [1.807, 2.05) is 13.8 Å². The second kappa shape index (κ2) is 5.29. The minimum Gasteiger partial charge on any atom is -0.323 e. The molecule has 1 aromatic carbocycles. The number of hydrogen-bond donors (Lipinski definition) is 3. The van der Waals surface area contributed by atoms with Gasteiger partial charge in [0.05, 0.1) is 5.69 Å². The Balaban J connectivity index is 2.98. The zero-order valence-electron chi connectivity index (χ0n) is 9.40. The third-order valence-corrected chi connectivity index (χ3v) is 3.50. The SMILES string of the molecule is CC(C)CNS(=O)(=O)c1ccccc1NN. The number of hydrazine groups is 1. The number of benzene rings is 1. The highest BCUT2D eigenvalue weighted by Crippen LogP contribution is 2.19. The van der Waals surface area contributed by atoms with Gasteiger partial charge in [0.15, 0.2) is 0 Å². The van der Waals surface area contributed by atoms with Gasteiger partial charge in [-0.2, -0.15) is 0 Å². The van der Waals surface area contributed by atoms with E-state index in [1.165, 1.54) is 6.07 Å². The van der Waals surface area contributed by atoms with Gasteiger partial charge < -0.3 is 5.43 Å². The largest absolute Gasteiger partial charge is 0.323 e. The third-order valence-electron chi connectivity index (χ3n) is 2.01. The number of rotatable bonds is 5. The predicted molar refractivity (Wildman–Crippen MR) is 64.3 cm³/mol. The summed E-state index contributed by atoms with van der Waals surface area (Å²) in [4.78, 5) is 0.165. The number of hydrogen-bond acceptors (Lipinski definition) is 4. The Morgan fingerprint density at radius 1 is 1.31 bits per heavy atom. The van der Waals surface area contributed by atoms with Crippen molar-refractivity contribution in [2.45, 2.75) is 18.7 Å². The Morgan fingerprint density at radius 3 is 2.50 bits per heavy atom. The highest BCUT2D eigenvalue weighted by Gasteiger charge is 2.17. The van der Waals surface area contributed by atoms with Gasteiger partial charge in [0.25, 0.3) is 0 Å². The van der Waals surface area contributed by atoms with Crippen LogP contribution in [-0.2, 0) is 10.0 Å². The summed E-state index contributed by atoms with van der Waals surface area (Å²) in [5.74, 6) is 5.52. The molecule has 0 unspecified atom stereocenters. The van der Waals surface area contributed by atoms with Gasteiger partial charge in [0, 0.05) is 6.54 Å². The molecular formula is C10H17N3O2S. The van der Waals surface area contributed by atoms with Crippen molar-refractivity contribution < 1.29 is 8.42 Å². The molecule has 0 saturated heterocycles. The molecule has 0 saturated carbocycles. The Kier molecular flexibility index (Phi) is 4.28. The number of para-hydroxylation sites is 1. The molecule has 1 rings (SSSR count). The van der Waals surface area contributed by atoms with Gasteiger partial charge in [-0.05, 0) is 18.1 Å². The van der Waals surface area contributed by atoms with E-state index >= 15 is 0 Å². The Labute approximate surface area is 96.1 Å². The lowest BCUT2D eigenvalue weighted by molar-refractivity contribution is 0.560. The molecular weight excluding hydrogens is 226 g/mol. The average Bonchev–Trinajstić information content (AvgIpc) is 2.26. The molecule has 16 heavy (non-hydrogen) atoms. The van der Waals surface area contributed by atoms with E-state index in [4.69, 9.17) is 5.84 Å². The molecule has 0 aliphatic heterocycles. The van der Waals surface area contributed by atoms with Crippen molar-refractivity contribution in [2.24, 2.45) is 11.8 Å². The fraction of sp³-hybridized carbons (Fsp3) is 0.400. The molecule has 6 heteroatoms. The third kappa shape index (κ3) is 3.19. The summed E-state index contributed by atoms with van der Waals surface area (Å²) in [6.45, 7) is 4.28. The summed E-state index contributed by atoms with van der Waals surface area (Å²) >= 11 is 0. The second-order valence-corrected chi connectivity index (χ2v) is 5.62. The van der Waals surface area contributed by atoms with Crippen LogP contribution in [0.1, 0.15) is 13.8 Å². The normalized spacial score (nSPS) is 11.8. The van der Waals surface area contributed by atoms with Crippen molar-refractivity contribution in [3.8, 4) is 0 Å². The van der Waals surface area contributed by atoms with Crippen LogP contribution in [0.15, 0.2) is 29.2 Å². The molecule has 90 valence electrons. The first kappa shape index (κ1) is 13.0. The van der Waals surface area contributed by atoms with Gasteiger partial charge in [0.1, 0.15) is 4.90 Å². The molecule has 0 aromatic heterocycles. The van der Waals surface area contributed by atoms with Crippen molar-refractivity contribution in [1.29, 1.82) is 0 Å². The van der Waals surface area contributed by atoms with E-state index in [2.05, 4.69) is 10.1 Å². The van der Waals surface area contributed by atoms with Crippen LogP contribution in [-0.4, -0.2) is 15.0 Å². The molecule has 0 aliphatic rings. The highest BCUT2D eigenvalue weighted by molar-refractivity contribution is 7.89. The van der Waals surface area contributed by atoms with E-state index in [9.17, 15) is 8.42 Å². The van der Waals surface area contributed by atoms with Crippen LogP contribution in [0, 0.1) is 5.92 Å². The summed E-state index contributed by atoms with van der Waals surface area (Å²) in [6.07, 6.45) is 0. The van der Waals surface area contributed by atoms with E-state index in [-0.39, 0.29) is 10.8 Å². The number of nitrogens with two attached hydrogens (primary N) is 1. The molecule has 0 radical (unpaired) electrons. The van der Waals surface area contributed by atoms with Gasteiger partial charge in [-0.25, -0.2) is 13.1 Å². The number of nitrogen functional groups attached to an aromatic ring is 1. The minimum absolute atomic E-state index is 0.165. The fourth-order valence-electron chi connectivity index (χ4n) is 1.17. The molecule has 1 aromatic rings. The van der Waals surface area contributed by atoms with Gasteiger partial charge in [-0.3, -0.25) is 5.84 Å². The highest BCUT2D eigenvalue weighted by atomic mass is 32.2. The van der Waals surface area contributed by atoms with Gasteiger partial charge >= 0.3 is 0 Å². The van der Waals surface area contributed by atoms with Crippen molar-refractivity contribution >= 4 is 15.7 Å². The predicted octanol–water partition coefficient (Wildman–Crippen LogP) is 0.907. The molecule has 0 bridgehead atoms. The zero-order valence-corrected chi connectivity index (χ0v) is 10.2. The van der Waals surface area contributed by atoms with Gasteiger partial charge in [0.2, 0.25) is 10.0 Å². The number of nitrogens with one attached hydrogen (secondary N) is 2. The standard InChI is InChI=1S/C10H17N3O2S/c1-8(2)7-12-16(14,15)10-6-4-3-5-9(10)13-11/h3-6,8,12-13H,7,11H2,1-2H3. The lowest BCUT2D eigenvalue weighted by Gasteiger charge is -2.11. The van der Waals surface area contributed by atoms with Crippen LogP contribution in [0.4, 0.5) is 5.69 Å². The summed E-state index contributed by atoms with van der Waals surface area (Å²) in [7, 11) is -3.49. The van der Waals surface area contributed by atoms with Crippen molar-refractivity contribution in [3.63, 3.8) is 0 Å². The van der Waals surface area contributed by atoms with Crippen LogP contribution >= 0.6 is 0 Å². The molecule has 5 nitrogen and oxygen atoms in total. The summed E-state index contributed by atoms with van der Waals surface area (Å²) in [5.41, 5.74) is 2.76. The van der Waals surface area contributed by atoms with E-state index in [1.54, 1.807) is 18.2 Å². The maximum atomic E-state index is 11.9. The van der Waals surface area contributed by atoms with Gasteiger partial charge in [-0.15, -0.1) is 0 Å². The van der Waals surface area contributed by atoms with Crippen LogP contribution in [0.2, 0.25) is 0 Å². The lowest BCUT2D eigenvalue weighted by Crippen LogP contribution is -2.28. The smallest absolute Gasteiger partial charge is 0.242 e. The average molecular weight is 243 g/mol. The van der Waals surface area contributed by atoms with E-state index in [0.717, 1.165) is 0 Å². The molecule has 4 N–H and O–H groups in total. The second-order valence-electron chi connectivity index (χ2n) is 3.89. The molecule has 0 aliphatic carbocycles. The zero-order chi connectivity index (χ0) is 12.2. The molecule has 0 fully saturated rings. The monoisotopic (exact) mass is 243 g/mol. The van der Waals surface area contributed by atoms with Gasteiger partial charge in [-0.1, -0.05) is 26.0 Å². The first-order valence-electron chi connectivity index (χ1n) is 5.02. The maximum Gasteiger partial charge on any atom is 0.242 e. The Hall–Kier alpha value is -1.11. The van der Waals surface area contributed by atoms with Crippen LogP contribution < -0.4 is 16.0 Å². The van der Waals surface area contributed by atoms with Crippen molar-refractivity contribution in [1.82, 2.24) is 4.72 Å². The minimum atomic E-state index is -3.49. The van der Waals surface area contributed by atoms with Crippen LogP contribution in [0.25, 0.3) is 0 Å². The van der Waals surface area contributed by atoms with Crippen LogP contribution in [0.5, 0.6) is 0 Å². The molecule has 0 atom stereocenters. The van der Waals surface area contributed by atoms with E-state index in [0.29, 0.717) is 12.2 Å². The number of sulfonamides is 1.